The van der Waals surface area contributed by atoms with E-state index < -0.39 is 108 Å². The number of carboxylic acid groups (broad SMARTS) is 2. The molecule has 0 unspecified atom stereocenters. The van der Waals surface area contributed by atoms with Gasteiger partial charge in [-0.3, -0.25) is 38.6 Å². The molecule has 8 atom stereocenters. The van der Waals surface area contributed by atoms with Crippen molar-refractivity contribution in [1.82, 2.24) is 41.5 Å². The van der Waals surface area contributed by atoms with Crippen molar-refractivity contribution < 1.29 is 53.7 Å². The standard InChI is InChI=1S/C41H62N12O11/c1-5-22(4)33(38(61)50-29(17-24-19-45-20-47-24)39(62)53-15-7-9-30(53)40(63)64)52-36(59)28(16-23-10-12-25(54)13-11-23)49-37(60)32(21(2)3)51-35(58)27(8-6-14-46-41(43)44)48-34(57)26(42)18-31(55)56/h10-13,19-22,26-30,32-33,54H,5-9,14-18,42H2,1-4H3,(H,45,47)(H,48,57)(H,49,60)(H,50,61)(H,51,58)(H,52,59)(H,55,56)(H,63,64)(H4,43,44,46)/t22-,26+,27-,28-,29-,30+,32+,33-/m0/s1. The van der Waals surface area contributed by atoms with Gasteiger partial charge in [0.1, 0.15) is 42.0 Å². The second-order valence-electron chi connectivity index (χ2n) is 16.1. The number of H-pyrrole nitrogens is 1. The Bertz CT molecular complexity index is 1960. The summed E-state index contributed by atoms with van der Waals surface area (Å²) in [6.07, 6.45) is 3.14. The molecule has 1 aromatic carbocycles. The first-order valence-corrected chi connectivity index (χ1v) is 21.0. The molecule has 1 aliphatic rings. The van der Waals surface area contributed by atoms with Crippen LogP contribution < -0.4 is 43.8 Å². The summed E-state index contributed by atoms with van der Waals surface area (Å²) in [4.78, 5) is 118. The number of guanidine groups is 1. The number of aromatic amines is 1. The zero-order valence-electron chi connectivity index (χ0n) is 36.4. The van der Waals surface area contributed by atoms with Gasteiger partial charge in [-0.1, -0.05) is 46.2 Å². The number of hydrogen-bond acceptors (Lipinski definition) is 12. The zero-order chi connectivity index (χ0) is 47.7. The Kier molecular flexibility index (Phi) is 19.9. The van der Waals surface area contributed by atoms with E-state index in [4.69, 9.17) is 22.3 Å². The van der Waals surface area contributed by atoms with Crippen LogP contribution in [0.15, 0.2) is 41.8 Å². The molecule has 1 aliphatic heterocycles. The van der Waals surface area contributed by atoms with Gasteiger partial charge in [0.2, 0.25) is 35.4 Å². The number of likely N-dealkylation sites (tertiary alicyclic amines) is 1. The minimum atomic E-state index is -1.49. The highest BCUT2D eigenvalue weighted by Crippen LogP contribution is 2.20. The summed E-state index contributed by atoms with van der Waals surface area (Å²) < 4.78 is 0. The van der Waals surface area contributed by atoms with E-state index in [9.17, 15) is 48.6 Å². The molecule has 15 N–H and O–H groups in total. The number of carbonyl (C=O) groups is 8. The van der Waals surface area contributed by atoms with Gasteiger partial charge < -0.3 is 69.0 Å². The van der Waals surface area contributed by atoms with Crippen LogP contribution in [0.25, 0.3) is 0 Å². The largest absolute Gasteiger partial charge is 0.508 e. The number of aliphatic carboxylic acids is 2. The molecule has 0 saturated carbocycles. The number of nitrogens with two attached hydrogens (primary N) is 3. The number of phenols is 1. The van der Waals surface area contributed by atoms with Gasteiger partial charge in [-0.05, 0) is 55.2 Å². The van der Waals surface area contributed by atoms with Crippen LogP contribution in [-0.4, -0.2) is 139 Å². The van der Waals surface area contributed by atoms with Gasteiger partial charge in [-0.25, -0.2) is 9.78 Å². The second-order valence-corrected chi connectivity index (χ2v) is 16.1. The van der Waals surface area contributed by atoms with Crippen molar-refractivity contribution in [1.29, 1.82) is 0 Å². The molecule has 1 saturated heterocycles. The van der Waals surface area contributed by atoms with Gasteiger partial charge in [0.05, 0.1) is 18.8 Å². The van der Waals surface area contributed by atoms with E-state index in [1.54, 1.807) is 27.7 Å². The topological polar surface area (TPSA) is 380 Å². The monoisotopic (exact) mass is 898 g/mol. The second kappa shape index (κ2) is 24.8. The van der Waals surface area contributed by atoms with Crippen molar-refractivity contribution in [2.45, 2.75) is 121 Å². The highest BCUT2D eigenvalue weighted by molar-refractivity contribution is 5.97. The maximum atomic E-state index is 14.3. The van der Waals surface area contributed by atoms with E-state index in [0.717, 1.165) is 0 Å². The summed E-state index contributed by atoms with van der Waals surface area (Å²) in [5.74, 6) is -8.67. The fraction of sp³-hybridized carbons (Fsp3) is 0.561. The number of aliphatic imine (C=N–C) groups is 1. The third-order valence-corrected chi connectivity index (χ3v) is 10.8. The Hall–Kier alpha value is -6.78. The Morgan fingerprint density at radius 2 is 1.45 bits per heavy atom. The smallest absolute Gasteiger partial charge is 0.326 e. The Labute approximate surface area is 370 Å². The van der Waals surface area contributed by atoms with Gasteiger partial charge in [0.15, 0.2) is 5.96 Å². The number of nitrogens with one attached hydrogen (secondary N) is 6. The lowest BCUT2D eigenvalue weighted by molar-refractivity contribution is -0.149. The van der Waals surface area contributed by atoms with Crippen molar-refractivity contribution >= 4 is 53.3 Å². The Balaban J connectivity index is 1.91. The molecule has 3 rings (SSSR count). The molecule has 0 spiro atoms. The average Bonchev–Trinajstić information content (AvgIpc) is 3.95. The lowest BCUT2D eigenvalue weighted by Crippen LogP contribution is -2.62. The van der Waals surface area contributed by atoms with Crippen LogP contribution >= 0.6 is 0 Å². The summed E-state index contributed by atoms with van der Waals surface area (Å²) in [6.45, 7) is 6.98. The SMILES string of the molecule is CC[C@H](C)[C@H](NC(=O)[C@H](Cc1ccc(O)cc1)NC(=O)[C@H](NC(=O)[C@H](CCCN=C(N)N)NC(=O)[C@H](N)CC(=O)O)C(C)C)C(=O)N[C@@H](Cc1cnc[nH]1)C(=O)N1CCC[C@@H]1C(=O)O. The molecule has 2 heterocycles. The first kappa shape index (κ1) is 51.6. The number of rotatable bonds is 25. The molecule has 0 aliphatic carbocycles. The van der Waals surface area contributed by atoms with Gasteiger partial charge in [-0.15, -0.1) is 0 Å². The van der Waals surface area contributed by atoms with Crippen molar-refractivity contribution in [2.75, 3.05) is 13.1 Å². The lowest BCUT2D eigenvalue weighted by Gasteiger charge is -2.31. The molecule has 1 aromatic heterocycles. The summed E-state index contributed by atoms with van der Waals surface area (Å²) in [5.41, 5.74) is 17.5. The van der Waals surface area contributed by atoms with Gasteiger partial charge in [0.25, 0.3) is 0 Å². The number of hydrogen-bond donors (Lipinski definition) is 12. The highest BCUT2D eigenvalue weighted by Gasteiger charge is 2.40. The molecule has 23 heteroatoms. The molecule has 1 fully saturated rings. The average molecular weight is 899 g/mol. The van der Waals surface area contributed by atoms with Crippen LogP contribution in [0, 0.1) is 11.8 Å². The number of imidazole rings is 1. The molecule has 2 aromatic rings. The third kappa shape index (κ3) is 15.8. The normalized spacial score (nSPS) is 16.8. The van der Waals surface area contributed by atoms with Crippen molar-refractivity contribution in [3.8, 4) is 5.75 Å². The number of nitrogens with zero attached hydrogens (tertiary/aromatic N) is 3. The molecule has 0 radical (unpaired) electrons. The van der Waals surface area contributed by atoms with E-state index in [0.29, 0.717) is 24.1 Å². The van der Waals surface area contributed by atoms with Crippen LogP contribution in [0.3, 0.4) is 0 Å². The van der Waals surface area contributed by atoms with Crippen molar-refractivity contribution in [3.63, 3.8) is 0 Å². The van der Waals surface area contributed by atoms with Crippen LogP contribution in [0.5, 0.6) is 5.75 Å². The van der Waals surface area contributed by atoms with E-state index >= 15 is 0 Å². The van der Waals surface area contributed by atoms with Gasteiger partial charge in [0, 0.05) is 37.8 Å². The highest BCUT2D eigenvalue weighted by atomic mass is 16.4. The van der Waals surface area contributed by atoms with Crippen molar-refractivity contribution in [2.24, 2.45) is 34.0 Å². The number of aromatic hydroxyl groups is 1. The fourth-order valence-electron chi connectivity index (χ4n) is 6.98. The number of carbonyl (C=O) groups excluding carboxylic acids is 6. The summed E-state index contributed by atoms with van der Waals surface area (Å²) >= 11 is 0. The van der Waals surface area contributed by atoms with Crippen molar-refractivity contribution in [3.05, 3.63) is 48.0 Å². The Morgan fingerprint density at radius 3 is 2.03 bits per heavy atom. The van der Waals surface area contributed by atoms with Crippen LogP contribution in [0.4, 0.5) is 0 Å². The zero-order valence-corrected chi connectivity index (χ0v) is 36.4. The first-order valence-electron chi connectivity index (χ1n) is 21.0. The number of benzene rings is 1. The molecule has 352 valence electrons. The van der Waals surface area contributed by atoms with Crippen LogP contribution in [-0.2, 0) is 51.2 Å². The maximum Gasteiger partial charge on any atom is 0.326 e. The number of phenolic OH excluding ortho intramolecular Hbond substituents is 1. The molecule has 0 bridgehead atoms. The van der Waals surface area contributed by atoms with Crippen LogP contribution in [0.1, 0.15) is 77.5 Å². The van der Waals surface area contributed by atoms with E-state index in [1.807, 2.05) is 0 Å². The van der Waals surface area contributed by atoms with E-state index in [-0.39, 0.29) is 56.9 Å². The first-order chi connectivity index (χ1) is 30.2. The minimum absolute atomic E-state index is 0.0436. The summed E-state index contributed by atoms with van der Waals surface area (Å²) in [5, 5.41) is 42.0. The molecule has 23 nitrogen and oxygen atoms in total. The minimum Gasteiger partial charge on any atom is -0.508 e. The van der Waals surface area contributed by atoms with Gasteiger partial charge >= 0.3 is 11.9 Å². The number of amides is 6. The Morgan fingerprint density at radius 1 is 0.844 bits per heavy atom. The fourth-order valence-corrected chi connectivity index (χ4v) is 6.98. The predicted molar refractivity (Wildman–Crippen MR) is 231 cm³/mol. The third-order valence-electron chi connectivity index (χ3n) is 10.8. The number of aromatic nitrogens is 2. The predicted octanol–water partition coefficient (Wildman–Crippen LogP) is -2.04. The number of carboxylic acids is 2. The quantitative estimate of drug-likeness (QED) is 0.0290. The maximum absolute atomic E-state index is 14.3. The molecule has 6 amide bonds. The summed E-state index contributed by atoms with van der Waals surface area (Å²) in [7, 11) is 0. The lowest BCUT2D eigenvalue weighted by atomic mass is 9.96. The summed E-state index contributed by atoms with van der Waals surface area (Å²) in [6, 6.07) is -3.26. The molecule has 64 heavy (non-hydrogen) atoms. The molecular weight excluding hydrogens is 837 g/mol. The van der Waals surface area contributed by atoms with E-state index in [2.05, 4.69) is 41.5 Å². The van der Waals surface area contributed by atoms with Crippen LogP contribution in [0.2, 0.25) is 0 Å². The van der Waals surface area contributed by atoms with Gasteiger partial charge in [-0.2, -0.15) is 0 Å². The molecular formula is C41H62N12O11. The van der Waals surface area contributed by atoms with E-state index in [1.165, 1.54) is 41.7 Å².